The van der Waals surface area contributed by atoms with Gasteiger partial charge in [-0.2, -0.15) is 0 Å². The van der Waals surface area contributed by atoms with E-state index in [1.54, 1.807) is 90.0 Å². The van der Waals surface area contributed by atoms with Crippen molar-refractivity contribution >= 4 is 35.9 Å². The molecule has 0 aromatic heterocycles. The van der Waals surface area contributed by atoms with E-state index in [1.165, 1.54) is 0 Å². The van der Waals surface area contributed by atoms with Crippen LogP contribution < -0.4 is 21.3 Å². The van der Waals surface area contributed by atoms with E-state index in [-0.39, 0.29) is 19.4 Å². The first-order valence-electron chi connectivity index (χ1n) is 16.3. The smallest absolute Gasteiger partial charge is 0.408 e. The Morgan fingerprint density at radius 3 is 1.56 bits per heavy atom. The van der Waals surface area contributed by atoms with Crippen molar-refractivity contribution in [3.63, 3.8) is 0 Å². The van der Waals surface area contributed by atoms with Gasteiger partial charge in [0.05, 0.1) is 11.7 Å². The van der Waals surface area contributed by atoms with E-state index in [2.05, 4.69) is 21.3 Å². The van der Waals surface area contributed by atoms with Crippen LogP contribution in [0, 0.1) is 0 Å². The van der Waals surface area contributed by atoms with Crippen molar-refractivity contribution in [1.29, 1.82) is 0 Å². The number of carbonyl (C=O) groups excluding carboxylic acids is 5. The zero-order chi connectivity index (χ0) is 37.7. The molecular weight excluding hydrogens is 628 g/mol. The molecular formula is C33H60N4O11. The third kappa shape index (κ3) is 22.0. The maximum absolute atomic E-state index is 13.6. The third-order valence-electron chi connectivity index (χ3n) is 5.84. The van der Waals surface area contributed by atoms with E-state index < -0.39 is 89.0 Å². The highest BCUT2D eigenvalue weighted by atomic mass is 16.6. The number of hydrogen-bond donors (Lipinski definition) is 5. The molecule has 0 bridgehead atoms. The minimum absolute atomic E-state index is 0.0886. The second-order valence-corrected chi connectivity index (χ2v) is 15.6. The first-order chi connectivity index (χ1) is 21.6. The highest BCUT2D eigenvalue weighted by Gasteiger charge is 2.37. The fourth-order valence-corrected chi connectivity index (χ4v) is 4.12. The summed E-state index contributed by atoms with van der Waals surface area (Å²) in [4.78, 5) is 76.3. The predicted octanol–water partition coefficient (Wildman–Crippen LogP) is 3.95. The molecule has 0 aliphatic carbocycles. The van der Waals surface area contributed by atoms with Gasteiger partial charge in [-0.05, 0) is 116 Å². The minimum Gasteiger partial charge on any atom is -0.481 e. The molecule has 5 N–H and O–H groups in total. The molecule has 278 valence electrons. The van der Waals surface area contributed by atoms with E-state index in [4.69, 9.17) is 18.9 Å². The van der Waals surface area contributed by atoms with Crippen LogP contribution in [0.3, 0.4) is 0 Å². The van der Waals surface area contributed by atoms with Crippen LogP contribution in [-0.2, 0) is 38.1 Å². The van der Waals surface area contributed by atoms with E-state index in [9.17, 15) is 33.9 Å². The minimum atomic E-state index is -1.41. The van der Waals surface area contributed by atoms with Gasteiger partial charge in [0.2, 0.25) is 11.8 Å². The van der Waals surface area contributed by atoms with Gasteiger partial charge in [0, 0.05) is 13.0 Å². The number of rotatable bonds is 16. The number of carboxylic acids is 1. The number of nitrogens with one attached hydrogen (secondary N) is 4. The van der Waals surface area contributed by atoms with Gasteiger partial charge < -0.3 is 45.3 Å². The van der Waals surface area contributed by atoms with Crippen LogP contribution in [0.15, 0.2) is 0 Å². The summed E-state index contributed by atoms with van der Waals surface area (Å²) in [6.45, 7) is 22.3. The van der Waals surface area contributed by atoms with Gasteiger partial charge >= 0.3 is 24.1 Å². The highest BCUT2D eigenvalue weighted by molar-refractivity contribution is 5.93. The van der Waals surface area contributed by atoms with Crippen LogP contribution in [0.5, 0.6) is 0 Å². The van der Waals surface area contributed by atoms with E-state index in [1.807, 2.05) is 0 Å². The Morgan fingerprint density at radius 1 is 0.604 bits per heavy atom. The summed E-state index contributed by atoms with van der Waals surface area (Å²) < 4.78 is 22.0. The monoisotopic (exact) mass is 688 g/mol. The average Bonchev–Trinajstić information content (AvgIpc) is 2.83. The van der Waals surface area contributed by atoms with Crippen molar-refractivity contribution in [3.05, 3.63) is 0 Å². The second-order valence-electron chi connectivity index (χ2n) is 15.6. The van der Waals surface area contributed by atoms with E-state index in [0.29, 0.717) is 12.8 Å². The van der Waals surface area contributed by atoms with Crippen LogP contribution >= 0.6 is 0 Å². The van der Waals surface area contributed by atoms with Crippen LogP contribution in [0.4, 0.5) is 9.59 Å². The summed E-state index contributed by atoms with van der Waals surface area (Å²) in [7, 11) is 0. The number of esters is 1. The molecule has 0 saturated carbocycles. The molecule has 0 unspecified atom stereocenters. The molecule has 4 amide bonds. The first-order valence-corrected chi connectivity index (χ1v) is 16.3. The molecule has 15 nitrogen and oxygen atoms in total. The Hall–Kier alpha value is -3.62. The molecule has 4 atom stereocenters. The number of carboxylic acid groups (broad SMARTS) is 1. The van der Waals surface area contributed by atoms with Crippen LogP contribution in [0.1, 0.15) is 122 Å². The van der Waals surface area contributed by atoms with Crippen molar-refractivity contribution in [2.24, 2.45) is 0 Å². The molecule has 0 fully saturated rings. The maximum Gasteiger partial charge on any atom is 0.408 e. The molecule has 0 aliphatic rings. The SMILES string of the molecule is C[C@@H](OC(C)(C)C)[C@H](NC(=O)[C@H](CCC(=O)O)NC(=O)[C@H](CCCCNC(=O)OC(C)(C)C)NC(=O)OC(C)(C)C)C(=O)OC(C)(C)C. The average molecular weight is 689 g/mol. The lowest BCUT2D eigenvalue weighted by Gasteiger charge is -2.33. The van der Waals surface area contributed by atoms with E-state index >= 15 is 0 Å². The molecule has 0 aromatic rings. The lowest BCUT2D eigenvalue weighted by atomic mass is 10.0. The molecule has 0 aromatic carbocycles. The Labute approximate surface area is 285 Å². The highest BCUT2D eigenvalue weighted by Crippen LogP contribution is 2.17. The van der Waals surface area contributed by atoms with Crippen molar-refractivity contribution in [3.8, 4) is 0 Å². The molecule has 15 heteroatoms. The van der Waals surface area contributed by atoms with Gasteiger partial charge in [-0.1, -0.05) is 0 Å². The number of aliphatic carboxylic acids is 1. The fourth-order valence-electron chi connectivity index (χ4n) is 4.12. The summed E-state index contributed by atoms with van der Waals surface area (Å²) in [6.07, 6.45) is -2.27. The van der Waals surface area contributed by atoms with Crippen molar-refractivity contribution in [2.45, 2.75) is 169 Å². The zero-order valence-corrected chi connectivity index (χ0v) is 31.1. The molecule has 0 spiro atoms. The zero-order valence-electron chi connectivity index (χ0n) is 31.1. The van der Waals surface area contributed by atoms with Gasteiger partial charge in [-0.15, -0.1) is 0 Å². The Morgan fingerprint density at radius 2 is 1.08 bits per heavy atom. The predicted molar refractivity (Wildman–Crippen MR) is 178 cm³/mol. The van der Waals surface area contributed by atoms with Crippen molar-refractivity contribution < 1.29 is 52.8 Å². The Bertz CT molecular complexity index is 1100. The van der Waals surface area contributed by atoms with E-state index in [0.717, 1.165) is 0 Å². The molecule has 0 saturated heterocycles. The molecule has 0 aliphatic heterocycles. The summed E-state index contributed by atoms with van der Waals surface area (Å²) >= 11 is 0. The number of amides is 4. The number of alkyl carbamates (subject to hydrolysis) is 2. The Balaban J connectivity index is 6.03. The number of carbonyl (C=O) groups is 6. The first kappa shape index (κ1) is 44.4. The van der Waals surface area contributed by atoms with Gasteiger partial charge in [0.15, 0.2) is 6.04 Å². The van der Waals surface area contributed by atoms with Gasteiger partial charge in [-0.3, -0.25) is 14.4 Å². The van der Waals surface area contributed by atoms with Crippen LogP contribution in [-0.4, -0.2) is 94.2 Å². The van der Waals surface area contributed by atoms with Crippen molar-refractivity contribution in [1.82, 2.24) is 21.3 Å². The van der Waals surface area contributed by atoms with Gasteiger partial charge in [0.25, 0.3) is 0 Å². The third-order valence-corrected chi connectivity index (χ3v) is 5.84. The molecule has 48 heavy (non-hydrogen) atoms. The van der Waals surface area contributed by atoms with Crippen molar-refractivity contribution in [2.75, 3.05) is 6.54 Å². The molecule has 0 rings (SSSR count). The summed E-state index contributed by atoms with van der Waals surface area (Å²) in [5.74, 6) is -3.61. The van der Waals surface area contributed by atoms with Crippen LogP contribution in [0.2, 0.25) is 0 Å². The summed E-state index contributed by atoms with van der Waals surface area (Å²) in [5, 5.41) is 19.6. The molecule has 0 radical (unpaired) electrons. The number of hydrogen-bond acceptors (Lipinski definition) is 10. The van der Waals surface area contributed by atoms with Crippen LogP contribution in [0.25, 0.3) is 0 Å². The summed E-state index contributed by atoms with van der Waals surface area (Å²) in [5.41, 5.74) is -3.11. The lowest BCUT2D eigenvalue weighted by molar-refractivity contribution is -0.166. The fraction of sp³-hybridized carbons (Fsp3) is 0.818. The largest absolute Gasteiger partial charge is 0.481 e. The topological polar surface area (TPSA) is 208 Å². The normalized spacial score (nSPS) is 14.8. The number of ether oxygens (including phenoxy) is 4. The Kier molecular flexibility index (Phi) is 17.4. The molecule has 0 heterocycles. The quantitative estimate of drug-likeness (QED) is 0.0891. The number of unbranched alkanes of at least 4 members (excludes halogenated alkanes) is 1. The van der Waals surface area contributed by atoms with Gasteiger partial charge in [0.1, 0.15) is 28.9 Å². The van der Waals surface area contributed by atoms with Gasteiger partial charge in [-0.25, -0.2) is 14.4 Å². The maximum atomic E-state index is 13.6. The lowest BCUT2D eigenvalue weighted by Crippen LogP contribution is -2.59. The standard InChI is InChI=1S/C33H60N4O11/c1-20(45-30(2,3)4)24(27(42)46-31(5,6)7)37-26(41)22(17-18-23(38)39)35-25(40)21(36-29(44)48-33(11,12)13)16-14-15-19-34-28(43)47-32(8,9)10/h20-22,24H,14-19H2,1-13H3,(H,34,43)(H,35,40)(H,36,44)(H,37,41)(H,38,39)/t20-,21+,22+,24+/m1/s1. The summed E-state index contributed by atoms with van der Waals surface area (Å²) in [6, 6.07) is -3.89. The second kappa shape index (κ2) is 18.8.